The number of hydrogen-bond acceptors (Lipinski definition) is 2. The van der Waals surface area contributed by atoms with E-state index in [4.69, 9.17) is 0 Å². The first-order chi connectivity index (χ1) is 7.03. The molecule has 1 aliphatic rings. The Hall–Kier alpha value is -0.626. The Kier molecular flexibility index (Phi) is 3.35. The van der Waals surface area contributed by atoms with E-state index in [1.165, 1.54) is 0 Å². The molecule has 0 saturated carbocycles. The fourth-order valence-corrected chi connectivity index (χ4v) is 4.70. The van der Waals surface area contributed by atoms with Crippen molar-refractivity contribution in [2.45, 2.75) is 39.3 Å². The molecule has 1 rings (SSSR count). The zero-order chi connectivity index (χ0) is 12.7. The van der Waals surface area contributed by atoms with Crippen LogP contribution < -0.4 is 0 Å². The largest absolute Gasteiger partial charge is 0.360 e. The summed E-state index contributed by atoms with van der Waals surface area (Å²) in [5.41, 5.74) is 0. The van der Waals surface area contributed by atoms with Gasteiger partial charge in [0.1, 0.15) is 0 Å². The molecule has 0 aromatic rings. The van der Waals surface area contributed by atoms with Gasteiger partial charge in [-0.05, 0) is 0 Å². The summed E-state index contributed by atoms with van der Waals surface area (Å²) in [5.74, 6) is 0.252. The quantitative estimate of drug-likeness (QED) is 0.701. The van der Waals surface area contributed by atoms with Crippen LogP contribution in [0.15, 0.2) is 0 Å². The molecule has 0 spiro atoms. The Morgan fingerprint density at radius 3 is 1.19 bits per heavy atom. The van der Waals surface area contributed by atoms with Gasteiger partial charge in [-0.1, -0.05) is 39.3 Å². The van der Waals surface area contributed by atoms with Crippen molar-refractivity contribution in [2.24, 2.45) is 0 Å². The molecule has 6 heteroatoms. The van der Waals surface area contributed by atoms with Gasteiger partial charge in [0.2, 0.25) is 11.8 Å². The maximum Gasteiger partial charge on any atom is 0.233 e. The normalized spacial score (nSPS) is 19.4. The van der Waals surface area contributed by atoms with Gasteiger partial charge >= 0.3 is 0 Å². The fraction of sp³-hybridized carbons (Fsp3) is 0.800. The number of amides is 2. The van der Waals surface area contributed by atoms with Crippen molar-refractivity contribution in [1.82, 2.24) is 9.13 Å². The van der Waals surface area contributed by atoms with Gasteiger partial charge < -0.3 is 9.13 Å². The summed E-state index contributed by atoms with van der Waals surface area (Å²) in [7, 11) is -3.40. The van der Waals surface area contributed by atoms with E-state index in [1.54, 1.807) is 0 Å². The topological polar surface area (TPSA) is 40.6 Å². The first kappa shape index (κ1) is 13.4. The van der Waals surface area contributed by atoms with Crippen LogP contribution in [0.3, 0.4) is 0 Å². The standard InChI is InChI=1S/C10H22N2O2Si2/c1-15(2,3)11-7-10(14)12(8-9(11)13)16(4,5)6/h7-8H2,1-6H3. The number of carbonyl (C=O) groups is 2. The average molecular weight is 258 g/mol. The number of carbonyl (C=O) groups excluding carboxylic acids is 2. The number of piperazine rings is 1. The van der Waals surface area contributed by atoms with E-state index in [2.05, 4.69) is 39.3 Å². The molecule has 4 nitrogen and oxygen atoms in total. The van der Waals surface area contributed by atoms with Crippen molar-refractivity contribution < 1.29 is 9.59 Å². The molecule has 1 heterocycles. The average Bonchev–Trinajstić information content (AvgIpc) is 2.04. The van der Waals surface area contributed by atoms with E-state index in [-0.39, 0.29) is 11.8 Å². The van der Waals surface area contributed by atoms with Crippen molar-refractivity contribution in [1.29, 1.82) is 0 Å². The molecule has 1 saturated heterocycles. The third-order valence-corrected chi connectivity index (χ3v) is 6.86. The maximum atomic E-state index is 12.0. The SMILES string of the molecule is C[Si](C)(C)N1CC(=O)N([Si](C)(C)C)CC1=O. The molecular formula is C10H22N2O2Si2. The third kappa shape index (κ3) is 2.73. The van der Waals surface area contributed by atoms with Crippen LogP contribution in [0.1, 0.15) is 0 Å². The third-order valence-electron chi connectivity index (χ3n) is 2.81. The Morgan fingerprint density at radius 2 is 1.00 bits per heavy atom. The highest BCUT2D eigenvalue weighted by Crippen LogP contribution is 2.19. The molecule has 0 aromatic carbocycles. The molecule has 0 N–H and O–H groups in total. The summed E-state index contributed by atoms with van der Waals surface area (Å²) in [6.07, 6.45) is 0. The molecule has 1 fully saturated rings. The number of nitrogens with zero attached hydrogens (tertiary/aromatic N) is 2. The monoisotopic (exact) mass is 258 g/mol. The molecular weight excluding hydrogens is 236 g/mol. The van der Waals surface area contributed by atoms with Crippen molar-refractivity contribution in [3.05, 3.63) is 0 Å². The van der Waals surface area contributed by atoms with Gasteiger partial charge in [-0.2, -0.15) is 0 Å². The second kappa shape index (κ2) is 3.99. The molecule has 0 aromatic heterocycles. The van der Waals surface area contributed by atoms with E-state index < -0.39 is 16.5 Å². The summed E-state index contributed by atoms with van der Waals surface area (Å²) in [6.45, 7) is 13.2. The minimum absolute atomic E-state index is 0.126. The molecule has 0 radical (unpaired) electrons. The zero-order valence-corrected chi connectivity index (χ0v) is 13.1. The van der Waals surface area contributed by atoms with E-state index in [0.29, 0.717) is 13.1 Å². The van der Waals surface area contributed by atoms with Gasteiger partial charge in [-0.15, -0.1) is 0 Å². The summed E-state index contributed by atoms with van der Waals surface area (Å²) in [6, 6.07) is 0. The van der Waals surface area contributed by atoms with Crippen molar-refractivity contribution in [3.63, 3.8) is 0 Å². The van der Waals surface area contributed by atoms with Crippen LogP contribution in [0.4, 0.5) is 0 Å². The molecule has 92 valence electrons. The van der Waals surface area contributed by atoms with E-state index >= 15 is 0 Å². The Bertz CT molecular complexity index is 286. The van der Waals surface area contributed by atoms with Gasteiger partial charge in [-0.3, -0.25) is 9.59 Å². The maximum absolute atomic E-state index is 12.0. The lowest BCUT2D eigenvalue weighted by molar-refractivity contribution is -0.142. The predicted molar refractivity (Wildman–Crippen MR) is 70.1 cm³/mol. The lowest BCUT2D eigenvalue weighted by Crippen LogP contribution is -2.66. The highest BCUT2D eigenvalue weighted by atomic mass is 28.3. The highest BCUT2D eigenvalue weighted by Gasteiger charge is 2.40. The van der Waals surface area contributed by atoms with Gasteiger partial charge in [0.05, 0.1) is 13.1 Å². The molecule has 0 unspecified atom stereocenters. The minimum atomic E-state index is -1.70. The van der Waals surface area contributed by atoms with Crippen LogP contribution in [-0.4, -0.2) is 50.5 Å². The van der Waals surface area contributed by atoms with Gasteiger partial charge in [-0.25, -0.2) is 0 Å². The van der Waals surface area contributed by atoms with Gasteiger partial charge in [0.25, 0.3) is 0 Å². The number of hydrogen-bond donors (Lipinski definition) is 0. The Morgan fingerprint density at radius 1 is 0.750 bits per heavy atom. The molecule has 2 amide bonds. The van der Waals surface area contributed by atoms with E-state index in [1.807, 2.05) is 9.13 Å². The molecule has 0 aliphatic carbocycles. The highest BCUT2D eigenvalue weighted by molar-refractivity contribution is 6.77. The summed E-state index contributed by atoms with van der Waals surface area (Å²) >= 11 is 0. The number of rotatable bonds is 2. The van der Waals surface area contributed by atoms with Crippen LogP contribution in [0.5, 0.6) is 0 Å². The Balaban J connectivity index is 2.88. The van der Waals surface area contributed by atoms with Crippen LogP contribution >= 0.6 is 0 Å². The summed E-state index contributed by atoms with van der Waals surface area (Å²) in [4.78, 5) is 24.1. The van der Waals surface area contributed by atoms with Gasteiger partial charge in [0.15, 0.2) is 16.5 Å². The van der Waals surface area contributed by atoms with Crippen LogP contribution in [-0.2, 0) is 9.59 Å². The minimum Gasteiger partial charge on any atom is -0.360 e. The first-order valence-corrected chi connectivity index (χ1v) is 12.5. The predicted octanol–water partition coefficient (Wildman–Crippen LogP) is 1.33. The molecule has 1 aliphatic heterocycles. The van der Waals surface area contributed by atoms with Crippen molar-refractivity contribution in [3.8, 4) is 0 Å². The van der Waals surface area contributed by atoms with E-state index in [9.17, 15) is 9.59 Å². The molecule has 0 bridgehead atoms. The van der Waals surface area contributed by atoms with Crippen molar-refractivity contribution in [2.75, 3.05) is 13.1 Å². The Labute approximate surface area is 99.8 Å². The second-order valence-corrected chi connectivity index (χ2v) is 16.1. The summed E-state index contributed by atoms with van der Waals surface area (Å²) in [5, 5.41) is 0. The van der Waals surface area contributed by atoms with Gasteiger partial charge in [0, 0.05) is 0 Å². The first-order valence-electron chi connectivity index (χ1n) is 5.64. The smallest absolute Gasteiger partial charge is 0.233 e. The van der Waals surface area contributed by atoms with Crippen LogP contribution in [0.25, 0.3) is 0 Å². The molecule has 16 heavy (non-hydrogen) atoms. The van der Waals surface area contributed by atoms with Crippen LogP contribution in [0, 0.1) is 0 Å². The lowest BCUT2D eigenvalue weighted by atomic mass is 10.4. The van der Waals surface area contributed by atoms with E-state index in [0.717, 1.165) is 0 Å². The molecule has 0 atom stereocenters. The zero-order valence-electron chi connectivity index (χ0n) is 11.1. The van der Waals surface area contributed by atoms with Crippen molar-refractivity contribution >= 4 is 28.3 Å². The van der Waals surface area contributed by atoms with Crippen LogP contribution in [0.2, 0.25) is 39.3 Å². The summed E-state index contributed by atoms with van der Waals surface area (Å²) < 4.78 is 3.62. The fourth-order valence-electron chi connectivity index (χ4n) is 1.84. The second-order valence-electron chi connectivity index (χ2n) is 6.30. The lowest BCUT2D eigenvalue weighted by Gasteiger charge is -2.44.